The number of carboxylic acid groups (broad SMARTS) is 1. The molecule has 0 aromatic rings. The number of nitrogens with two attached hydrogens (primary N) is 1. The number of carbonyl (C=O) groups excluding carboxylic acids is 2. The molecule has 7 nitrogen and oxygen atoms in total. The Morgan fingerprint density at radius 1 is 1.38 bits per heavy atom. The molecule has 1 rings (SSSR count). The van der Waals surface area contributed by atoms with Crippen LogP contribution in [-0.2, 0) is 9.59 Å². The number of aliphatic carboxylic acids is 1. The van der Waals surface area contributed by atoms with Crippen LogP contribution < -0.4 is 16.4 Å². The summed E-state index contributed by atoms with van der Waals surface area (Å²) in [7, 11) is 0. The third kappa shape index (κ3) is 4.63. The second kappa shape index (κ2) is 5.34. The van der Waals surface area contributed by atoms with Gasteiger partial charge in [0.1, 0.15) is 0 Å². The molecule has 7 heteroatoms. The molecule has 1 fully saturated rings. The van der Waals surface area contributed by atoms with Gasteiger partial charge >= 0.3 is 12.0 Å². The molecule has 0 radical (unpaired) electrons. The minimum Gasteiger partial charge on any atom is -0.481 e. The van der Waals surface area contributed by atoms with Crippen molar-refractivity contribution >= 4 is 17.9 Å². The number of hydrogen-bond acceptors (Lipinski definition) is 3. The summed E-state index contributed by atoms with van der Waals surface area (Å²) in [6, 6.07) is -0.928. The lowest BCUT2D eigenvalue weighted by Crippen LogP contribution is -2.46. The van der Waals surface area contributed by atoms with Crippen molar-refractivity contribution in [2.45, 2.75) is 25.3 Å². The Kier molecular flexibility index (Phi) is 4.10. The van der Waals surface area contributed by atoms with Gasteiger partial charge in [-0.25, -0.2) is 4.79 Å². The number of rotatable bonds is 6. The molecule has 16 heavy (non-hydrogen) atoms. The van der Waals surface area contributed by atoms with Gasteiger partial charge in [-0.2, -0.15) is 0 Å². The van der Waals surface area contributed by atoms with Crippen molar-refractivity contribution in [3.8, 4) is 0 Å². The highest BCUT2D eigenvalue weighted by atomic mass is 16.4. The molecule has 0 heterocycles. The van der Waals surface area contributed by atoms with Gasteiger partial charge in [0.2, 0.25) is 5.91 Å². The van der Waals surface area contributed by atoms with E-state index in [4.69, 9.17) is 10.8 Å². The zero-order valence-corrected chi connectivity index (χ0v) is 8.73. The van der Waals surface area contributed by atoms with E-state index in [0.29, 0.717) is 0 Å². The number of carbonyl (C=O) groups is 3. The monoisotopic (exact) mass is 229 g/mol. The van der Waals surface area contributed by atoms with Gasteiger partial charge in [0.15, 0.2) is 0 Å². The number of urea groups is 1. The van der Waals surface area contributed by atoms with Crippen LogP contribution in [0, 0.1) is 5.92 Å². The van der Waals surface area contributed by atoms with Crippen LogP contribution in [0.3, 0.4) is 0 Å². The van der Waals surface area contributed by atoms with E-state index >= 15 is 0 Å². The first-order valence-corrected chi connectivity index (χ1v) is 5.03. The molecule has 3 amide bonds. The molecular weight excluding hydrogens is 214 g/mol. The van der Waals surface area contributed by atoms with Gasteiger partial charge in [-0.3, -0.25) is 9.59 Å². The molecule has 1 unspecified atom stereocenters. The summed E-state index contributed by atoms with van der Waals surface area (Å²) in [5.74, 6) is -1.36. The SMILES string of the molecule is NC(=O)CNC(=O)NC(CC(=O)O)C1CC1. The standard InChI is InChI=1S/C9H15N3O4/c10-7(13)4-11-9(16)12-6(3-8(14)15)5-1-2-5/h5-6H,1-4H2,(H2,10,13)(H,14,15)(H2,11,12,16). The van der Waals surface area contributed by atoms with Crippen LogP contribution in [0.4, 0.5) is 4.79 Å². The van der Waals surface area contributed by atoms with E-state index in [1.807, 2.05) is 0 Å². The fourth-order valence-electron chi connectivity index (χ4n) is 1.41. The van der Waals surface area contributed by atoms with E-state index in [2.05, 4.69) is 10.6 Å². The summed E-state index contributed by atoms with van der Waals surface area (Å²) in [5.41, 5.74) is 4.85. The molecule has 0 spiro atoms. The van der Waals surface area contributed by atoms with Crippen LogP contribution in [-0.4, -0.2) is 35.6 Å². The lowest BCUT2D eigenvalue weighted by molar-refractivity contribution is -0.137. The molecule has 90 valence electrons. The van der Waals surface area contributed by atoms with Crippen LogP contribution in [0.2, 0.25) is 0 Å². The van der Waals surface area contributed by atoms with Crippen molar-refractivity contribution in [3.63, 3.8) is 0 Å². The number of carboxylic acids is 1. The second-order valence-corrected chi connectivity index (χ2v) is 3.84. The topological polar surface area (TPSA) is 122 Å². The van der Waals surface area contributed by atoms with Gasteiger partial charge in [0.05, 0.1) is 13.0 Å². The van der Waals surface area contributed by atoms with E-state index in [0.717, 1.165) is 12.8 Å². The van der Waals surface area contributed by atoms with Gasteiger partial charge < -0.3 is 21.5 Å². The van der Waals surface area contributed by atoms with Crippen molar-refractivity contribution in [2.75, 3.05) is 6.54 Å². The zero-order chi connectivity index (χ0) is 12.1. The van der Waals surface area contributed by atoms with Crippen LogP contribution in [0.1, 0.15) is 19.3 Å². The average molecular weight is 229 g/mol. The Bertz CT molecular complexity index is 301. The van der Waals surface area contributed by atoms with E-state index in [1.54, 1.807) is 0 Å². The van der Waals surface area contributed by atoms with Crippen LogP contribution in [0.15, 0.2) is 0 Å². The van der Waals surface area contributed by atoms with Crippen molar-refractivity contribution in [2.24, 2.45) is 11.7 Å². The Morgan fingerprint density at radius 3 is 2.44 bits per heavy atom. The third-order valence-corrected chi connectivity index (χ3v) is 2.33. The fourth-order valence-corrected chi connectivity index (χ4v) is 1.41. The Labute approximate surface area is 92.4 Å². The summed E-state index contributed by atoms with van der Waals surface area (Å²) >= 11 is 0. The molecule has 0 bridgehead atoms. The average Bonchev–Trinajstić information content (AvgIpc) is 2.96. The normalized spacial score (nSPS) is 16.2. The molecular formula is C9H15N3O4. The lowest BCUT2D eigenvalue weighted by Gasteiger charge is -2.16. The van der Waals surface area contributed by atoms with Gasteiger partial charge in [-0.15, -0.1) is 0 Å². The van der Waals surface area contributed by atoms with Gasteiger partial charge in [-0.1, -0.05) is 0 Å². The molecule has 0 aliphatic heterocycles. The lowest BCUT2D eigenvalue weighted by atomic mass is 10.1. The maximum Gasteiger partial charge on any atom is 0.315 e. The fraction of sp³-hybridized carbons (Fsp3) is 0.667. The predicted octanol–water partition coefficient (Wildman–Crippen LogP) is -0.976. The first-order valence-electron chi connectivity index (χ1n) is 5.03. The minimum atomic E-state index is -0.952. The minimum absolute atomic E-state index is 0.103. The van der Waals surface area contributed by atoms with Crippen LogP contribution >= 0.6 is 0 Å². The Hall–Kier alpha value is -1.79. The molecule has 0 saturated heterocycles. The molecule has 1 aliphatic carbocycles. The molecule has 1 atom stereocenters. The maximum atomic E-state index is 11.2. The maximum absolute atomic E-state index is 11.2. The first-order chi connectivity index (χ1) is 7.49. The van der Waals surface area contributed by atoms with Crippen molar-refractivity contribution < 1.29 is 19.5 Å². The van der Waals surface area contributed by atoms with Crippen molar-refractivity contribution in [1.82, 2.24) is 10.6 Å². The van der Waals surface area contributed by atoms with Crippen LogP contribution in [0.5, 0.6) is 0 Å². The highest BCUT2D eigenvalue weighted by Crippen LogP contribution is 2.33. The van der Waals surface area contributed by atoms with E-state index in [-0.39, 0.29) is 24.9 Å². The molecule has 1 aliphatic rings. The van der Waals surface area contributed by atoms with E-state index in [9.17, 15) is 14.4 Å². The van der Waals surface area contributed by atoms with Gasteiger partial charge in [-0.05, 0) is 18.8 Å². The van der Waals surface area contributed by atoms with Crippen LogP contribution in [0.25, 0.3) is 0 Å². The largest absolute Gasteiger partial charge is 0.481 e. The Balaban J connectivity index is 2.33. The van der Waals surface area contributed by atoms with E-state index < -0.39 is 17.9 Å². The van der Waals surface area contributed by atoms with E-state index in [1.165, 1.54) is 0 Å². The summed E-state index contributed by atoms with van der Waals surface area (Å²) < 4.78 is 0. The number of amides is 3. The summed E-state index contributed by atoms with van der Waals surface area (Å²) in [5, 5.41) is 13.4. The highest BCUT2D eigenvalue weighted by Gasteiger charge is 2.33. The van der Waals surface area contributed by atoms with Gasteiger partial charge in [0, 0.05) is 6.04 Å². The zero-order valence-electron chi connectivity index (χ0n) is 8.73. The van der Waals surface area contributed by atoms with Gasteiger partial charge in [0.25, 0.3) is 0 Å². The smallest absolute Gasteiger partial charge is 0.315 e. The van der Waals surface area contributed by atoms with Crippen molar-refractivity contribution in [1.29, 1.82) is 0 Å². The predicted molar refractivity (Wildman–Crippen MR) is 54.5 cm³/mol. The third-order valence-electron chi connectivity index (χ3n) is 2.33. The molecule has 5 N–H and O–H groups in total. The summed E-state index contributed by atoms with van der Waals surface area (Å²) in [6.07, 6.45) is 1.75. The first kappa shape index (κ1) is 12.3. The second-order valence-electron chi connectivity index (χ2n) is 3.84. The van der Waals surface area contributed by atoms with Crippen molar-refractivity contribution in [3.05, 3.63) is 0 Å². The Morgan fingerprint density at radius 2 is 2.00 bits per heavy atom. The quantitative estimate of drug-likeness (QED) is 0.467. The summed E-state index contributed by atoms with van der Waals surface area (Å²) in [4.78, 5) is 32.2. The number of hydrogen-bond donors (Lipinski definition) is 4. The highest BCUT2D eigenvalue weighted by molar-refractivity contribution is 5.83. The molecule has 0 aromatic heterocycles. The molecule has 0 aromatic carbocycles. The molecule has 1 saturated carbocycles. The summed E-state index contributed by atoms with van der Waals surface area (Å²) in [6.45, 7) is -0.254. The number of primary amides is 1. The number of nitrogens with one attached hydrogen (secondary N) is 2.